The number of carboxylic acid groups (broad SMARTS) is 1. The van der Waals surface area contributed by atoms with Crippen molar-refractivity contribution in [1.29, 1.82) is 5.26 Å². The molecule has 1 aliphatic rings. The fourth-order valence-electron chi connectivity index (χ4n) is 1.88. The lowest BCUT2D eigenvalue weighted by Crippen LogP contribution is -2.32. The molecule has 0 spiro atoms. The van der Waals surface area contributed by atoms with E-state index >= 15 is 0 Å². The summed E-state index contributed by atoms with van der Waals surface area (Å²) in [4.78, 5) is 10.9. The van der Waals surface area contributed by atoms with Gasteiger partial charge in [0.1, 0.15) is 5.41 Å². The van der Waals surface area contributed by atoms with Gasteiger partial charge in [-0.05, 0) is 30.2 Å². The Morgan fingerprint density at radius 3 is 3.00 bits per heavy atom. The van der Waals surface area contributed by atoms with E-state index in [9.17, 15) is 4.79 Å². The standard InChI is InChI=1S/C12H11NO3/c1-12(6-13)7-16-5-9-3-2-8(11(14)15)4-10(9)12/h2-4H,5,7H2,1H3,(H,14,15)/t12-/m1/s1. The Kier molecular flexibility index (Phi) is 2.41. The Hall–Kier alpha value is -1.86. The van der Waals surface area contributed by atoms with Crippen LogP contribution in [0.5, 0.6) is 0 Å². The largest absolute Gasteiger partial charge is 0.478 e. The number of carboxylic acids is 1. The van der Waals surface area contributed by atoms with Gasteiger partial charge < -0.3 is 9.84 Å². The van der Waals surface area contributed by atoms with Gasteiger partial charge in [0, 0.05) is 0 Å². The third kappa shape index (κ3) is 1.55. The molecule has 1 aliphatic heterocycles. The summed E-state index contributed by atoms with van der Waals surface area (Å²) >= 11 is 0. The predicted octanol–water partition coefficient (Wildman–Crippen LogP) is 1.70. The first kappa shape index (κ1) is 10.7. The molecule has 1 N–H and O–H groups in total. The lowest BCUT2D eigenvalue weighted by atomic mass is 9.80. The minimum atomic E-state index is -0.977. The molecule has 1 atom stereocenters. The minimum Gasteiger partial charge on any atom is -0.478 e. The number of benzene rings is 1. The Bertz CT molecular complexity index is 490. The van der Waals surface area contributed by atoms with Gasteiger partial charge in [-0.2, -0.15) is 5.26 Å². The number of aromatic carboxylic acids is 1. The van der Waals surface area contributed by atoms with Crippen LogP contribution in [0.25, 0.3) is 0 Å². The quantitative estimate of drug-likeness (QED) is 0.777. The highest BCUT2D eigenvalue weighted by Gasteiger charge is 2.33. The van der Waals surface area contributed by atoms with Crippen molar-refractivity contribution in [2.45, 2.75) is 18.9 Å². The van der Waals surface area contributed by atoms with Crippen molar-refractivity contribution in [1.82, 2.24) is 0 Å². The molecule has 2 rings (SSSR count). The van der Waals surface area contributed by atoms with Gasteiger partial charge in [-0.1, -0.05) is 6.07 Å². The SMILES string of the molecule is C[C@@]1(C#N)COCc2ccc(C(=O)O)cc21. The summed E-state index contributed by atoms with van der Waals surface area (Å²) in [7, 11) is 0. The lowest BCUT2D eigenvalue weighted by molar-refractivity contribution is 0.0689. The van der Waals surface area contributed by atoms with Gasteiger partial charge in [-0.25, -0.2) is 4.79 Å². The van der Waals surface area contributed by atoms with Gasteiger partial charge in [-0.15, -0.1) is 0 Å². The smallest absolute Gasteiger partial charge is 0.335 e. The zero-order chi connectivity index (χ0) is 11.8. The van der Waals surface area contributed by atoms with Crippen molar-refractivity contribution in [3.8, 4) is 6.07 Å². The molecule has 1 aromatic rings. The average Bonchev–Trinajstić information content (AvgIpc) is 2.29. The molecule has 0 aliphatic carbocycles. The van der Waals surface area contributed by atoms with E-state index in [1.54, 1.807) is 19.1 Å². The molecule has 0 saturated heterocycles. The maximum absolute atomic E-state index is 10.9. The van der Waals surface area contributed by atoms with Crippen molar-refractivity contribution in [3.05, 3.63) is 34.9 Å². The second-order valence-corrected chi connectivity index (χ2v) is 4.11. The molecular weight excluding hydrogens is 206 g/mol. The van der Waals surface area contributed by atoms with Crippen LogP contribution in [-0.4, -0.2) is 17.7 Å². The van der Waals surface area contributed by atoms with E-state index in [1.165, 1.54) is 6.07 Å². The van der Waals surface area contributed by atoms with Crippen LogP contribution in [0.1, 0.15) is 28.4 Å². The van der Waals surface area contributed by atoms with Crippen LogP contribution in [0, 0.1) is 11.3 Å². The third-order valence-electron chi connectivity index (χ3n) is 2.85. The molecule has 4 nitrogen and oxygen atoms in total. The van der Waals surface area contributed by atoms with Crippen LogP contribution < -0.4 is 0 Å². The van der Waals surface area contributed by atoms with E-state index in [2.05, 4.69) is 6.07 Å². The van der Waals surface area contributed by atoms with Gasteiger partial charge in [0.15, 0.2) is 0 Å². The maximum Gasteiger partial charge on any atom is 0.335 e. The molecule has 0 fully saturated rings. The molecule has 4 heteroatoms. The van der Waals surface area contributed by atoms with E-state index in [0.717, 1.165) is 11.1 Å². The van der Waals surface area contributed by atoms with Crippen LogP contribution in [-0.2, 0) is 16.8 Å². The van der Waals surface area contributed by atoms with Crippen LogP contribution in [0.15, 0.2) is 18.2 Å². The Morgan fingerprint density at radius 2 is 2.38 bits per heavy atom. The molecule has 1 aromatic carbocycles. The molecule has 0 radical (unpaired) electrons. The number of carbonyl (C=O) groups is 1. The van der Waals surface area contributed by atoms with Crippen molar-refractivity contribution >= 4 is 5.97 Å². The molecule has 1 heterocycles. The predicted molar refractivity (Wildman–Crippen MR) is 56.0 cm³/mol. The summed E-state index contributed by atoms with van der Waals surface area (Å²) in [6.07, 6.45) is 0. The molecule has 0 amide bonds. The topological polar surface area (TPSA) is 70.3 Å². The molecule has 16 heavy (non-hydrogen) atoms. The number of hydrogen-bond acceptors (Lipinski definition) is 3. The van der Waals surface area contributed by atoms with Gasteiger partial charge in [0.2, 0.25) is 0 Å². The normalized spacial score (nSPS) is 23.2. The van der Waals surface area contributed by atoms with E-state index < -0.39 is 11.4 Å². The molecule has 0 saturated carbocycles. The van der Waals surface area contributed by atoms with Crippen LogP contribution in [0.3, 0.4) is 0 Å². The highest BCUT2D eigenvalue weighted by molar-refractivity contribution is 5.88. The zero-order valence-electron chi connectivity index (χ0n) is 8.86. The highest BCUT2D eigenvalue weighted by atomic mass is 16.5. The molecule has 0 aromatic heterocycles. The van der Waals surface area contributed by atoms with E-state index in [-0.39, 0.29) is 5.56 Å². The van der Waals surface area contributed by atoms with E-state index in [4.69, 9.17) is 15.1 Å². The van der Waals surface area contributed by atoms with Gasteiger partial charge in [-0.3, -0.25) is 0 Å². The summed E-state index contributed by atoms with van der Waals surface area (Å²) < 4.78 is 5.33. The number of nitriles is 1. The third-order valence-corrected chi connectivity index (χ3v) is 2.85. The summed E-state index contributed by atoms with van der Waals surface area (Å²) in [5, 5.41) is 18.1. The van der Waals surface area contributed by atoms with Crippen LogP contribution in [0.4, 0.5) is 0 Å². The molecule has 0 unspecified atom stereocenters. The minimum absolute atomic E-state index is 0.210. The van der Waals surface area contributed by atoms with Crippen molar-refractivity contribution in [3.63, 3.8) is 0 Å². The number of nitrogens with zero attached hydrogens (tertiary/aromatic N) is 1. The fourth-order valence-corrected chi connectivity index (χ4v) is 1.88. The first-order chi connectivity index (χ1) is 7.57. The van der Waals surface area contributed by atoms with Gasteiger partial charge >= 0.3 is 5.97 Å². The van der Waals surface area contributed by atoms with Crippen LogP contribution in [0.2, 0.25) is 0 Å². The summed E-state index contributed by atoms with van der Waals surface area (Å²) in [6, 6.07) is 7.01. The maximum atomic E-state index is 10.9. The number of fused-ring (bicyclic) bond motifs is 1. The second-order valence-electron chi connectivity index (χ2n) is 4.11. The van der Waals surface area contributed by atoms with Gasteiger partial charge in [0.25, 0.3) is 0 Å². The summed E-state index contributed by atoms with van der Waals surface area (Å²) in [5.74, 6) is -0.977. The number of rotatable bonds is 1. The molecule has 82 valence electrons. The zero-order valence-corrected chi connectivity index (χ0v) is 8.86. The van der Waals surface area contributed by atoms with Gasteiger partial charge in [0.05, 0.1) is 24.8 Å². The lowest BCUT2D eigenvalue weighted by Gasteiger charge is -2.29. The van der Waals surface area contributed by atoms with E-state index in [1.807, 2.05) is 0 Å². The Labute approximate surface area is 93.1 Å². The number of hydrogen-bond donors (Lipinski definition) is 1. The molecular formula is C12H11NO3. The van der Waals surface area contributed by atoms with Crippen LogP contribution >= 0.6 is 0 Å². The number of ether oxygens (including phenoxy) is 1. The first-order valence-corrected chi connectivity index (χ1v) is 4.92. The monoisotopic (exact) mass is 217 g/mol. The summed E-state index contributed by atoms with van der Waals surface area (Å²) in [5.41, 5.74) is 1.11. The average molecular weight is 217 g/mol. The first-order valence-electron chi connectivity index (χ1n) is 4.92. The Morgan fingerprint density at radius 1 is 1.62 bits per heavy atom. The van der Waals surface area contributed by atoms with Crippen molar-refractivity contribution < 1.29 is 14.6 Å². The summed E-state index contributed by atoms with van der Waals surface area (Å²) in [6.45, 7) is 2.50. The Balaban J connectivity index is 2.58. The second kappa shape index (κ2) is 3.62. The highest BCUT2D eigenvalue weighted by Crippen LogP contribution is 2.32. The van der Waals surface area contributed by atoms with Crippen molar-refractivity contribution in [2.24, 2.45) is 0 Å². The fraction of sp³-hybridized carbons (Fsp3) is 0.333. The van der Waals surface area contributed by atoms with Crippen molar-refractivity contribution in [2.75, 3.05) is 6.61 Å². The molecule has 0 bridgehead atoms. The van der Waals surface area contributed by atoms with E-state index in [0.29, 0.717) is 13.2 Å².